The number of hydrogen-bond donors (Lipinski definition) is 0. The Morgan fingerprint density at radius 1 is 0.912 bits per heavy atom. The molecule has 0 spiro atoms. The summed E-state index contributed by atoms with van der Waals surface area (Å²) < 4.78 is 0. The minimum atomic E-state index is 0.374. The monoisotopic (exact) mass is 452 g/mol. The van der Waals surface area contributed by atoms with Crippen molar-refractivity contribution in [1.82, 2.24) is 4.90 Å². The van der Waals surface area contributed by atoms with Crippen molar-refractivity contribution in [3.8, 4) is 0 Å². The summed E-state index contributed by atoms with van der Waals surface area (Å²) in [7, 11) is 0. The second-order valence-corrected chi connectivity index (χ2v) is 10.5. The molecule has 2 nitrogen and oxygen atoms in total. The molecule has 34 heavy (non-hydrogen) atoms. The molecule has 0 aromatic heterocycles. The van der Waals surface area contributed by atoms with Gasteiger partial charge in [-0.25, -0.2) is 0 Å². The minimum Gasteiger partial charge on any atom is -0.368 e. The topological polar surface area (TPSA) is 6.48 Å². The second-order valence-electron chi connectivity index (χ2n) is 10.5. The van der Waals surface area contributed by atoms with E-state index in [-0.39, 0.29) is 0 Å². The lowest BCUT2D eigenvalue weighted by atomic mass is 9.83. The molecule has 2 heterocycles. The first-order chi connectivity index (χ1) is 16.5. The van der Waals surface area contributed by atoms with Gasteiger partial charge in [0.2, 0.25) is 0 Å². The molecule has 0 saturated heterocycles. The number of aryl methyl sites for hydroxylation is 1. The Morgan fingerprint density at radius 2 is 1.62 bits per heavy atom. The number of fused-ring (bicyclic) bond motifs is 6. The summed E-state index contributed by atoms with van der Waals surface area (Å²) in [6, 6.07) is 24.2. The van der Waals surface area contributed by atoms with Gasteiger partial charge in [-0.2, -0.15) is 0 Å². The molecule has 178 valence electrons. The molecule has 0 aliphatic carbocycles. The van der Waals surface area contributed by atoms with E-state index in [0.29, 0.717) is 24.0 Å². The molecular weight excluding hydrogens is 412 g/mol. The fourth-order valence-electron chi connectivity index (χ4n) is 6.61. The van der Waals surface area contributed by atoms with Crippen LogP contribution in [0.2, 0.25) is 0 Å². The smallest absolute Gasteiger partial charge is 0.0555 e. The highest BCUT2D eigenvalue weighted by atomic mass is 15.2. The summed E-state index contributed by atoms with van der Waals surface area (Å²) in [4.78, 5) is 5.45. The Hall–Kier alpha value is -2.74. The molecule has 0 amide bonds. The molecular formula is C32H40N2. The van der Waals surface area contributed by atoms with Gasteiger partial charge in [0.05, 0.1) is 6.04 Å². The first-order valence-corrected chi connectivity index (χ1v) is 13.4. The van der Waals surface area contributed by atoms with E-state index in [0.717, 1.165) is 25.8 Å². The fraction of sp³-hybridized carbons (Fsp3) is 0.438. The molecule has 0 saturated carbocycles. The van der Waals surface area contributed by atoms with Crippen LogP contribution in [0.4, 0.5) is 5.69 Å². The highest BCUT2D eigenvalue weighted by Gasteiger charge is 2.40. The van der Waals surface area contributed by atoms with Gasteiger partial charge in [0, 0.05) is 35.6 Å². The standard InChI is InChI=1S/C32H40N2/c1-6-12-30-22(3)23(4)33(19-7-2)24(5)28-20-26-14-8-9-15-27(26)21-29(28)32-18-17-25-13-10-11-16-31(25)34(30)32/h8-11,13-16,20-23,30,32H,5-7,12,17-19H2,1-4H3/t22?,23?,30-,32?/m0/s1. The fourth-order valence-corrected chi connectivity index (χ4v) is 6.61. The Kier molecular flexibility index (Phi) is 6.42. The first-order valence-electron chi connectivity index (χ1n) is 13.4. The summed E-state index contributed by atoms with van der Waals surface area (Å²) in [5, 5.41) is 2.65. The second kappa shape index (κ2) is 9.49. The molecule has 4 atom stereocenters. The van der Waals surface area contributed by atoms with Crippen molar-refractivity contribution in [2.75, 3.05) is 11.4 Å². The molecule has 2 aliphatic heterocycles. The van der Waals surface area contributed by atoms with Gasteiger partial charge in [0.1, 0.15) is 0 Å². The lowest BCUT2D eigenvalue weighted by Gasteiger charge is -2.48. The lowest BCUT2D eigenvalue weighted by molar-refractivity contribution is 0.204. The third kappa shape index (κ3) is 3.82. The van der Waals surface area contributed by atoms with Crippen molar-refractivity contribution >= 4 is 22.2 Å². The molecule has 3 aromatic rings. The van der Waals surface area contributed by atoms with Crippen LogP contribution < -0.4 is 4.90 Å². The van der Waals surface area contributed by atoms with E-state index in [1.165, 1.54) is 51.7 Å². The summed E-state index contributed by atoms with van der Waals surface area (Å²) in [5.74, 6) is 0.528. The van der Waals surface area contributed by atoms with Gasteiger partial charge in [-0.15, -0.1) is 0 Å². The normalized spacial score (nSPS) is 24.6. The Labute approximate surface area is 206 Å². The average Bonchev–Trinajstić information content (AvgIpc) is 2.89. The molecule has 5 rings (SSSR count). The van der Waals surface area contributed by atoms with Gasteiger partial charge in [0.15, 0.2) is 0 Å². The maximum absolute atomic E-state index is 4.75. The van der Waals surface area contributed by atoms with E-state index in [9.17, 15) is 0 Å². The van der Waals surface area contributed by atoms with Crippen LogP contribution in [0.25, 0.3) is 16.5 Å². The van der Waals surface area contributed by atoms with Crippen LogP contribution in [0.5, 0.6) is 0 Å². The zero-order chi connectivity index (χ0) is 23.8. The van der Waals surface area contributed by atoms with Gasteiger partial charge >= 0.3 is 0 Å². The van der Waals surface area contributed by atoms with Crippen molar-refractivity contribution in [2.45, 2.75) is 77.9 Å². The van der Waals surface area contributed by atoms with Crippen molar-refractivity contribution in [3.63, 3.8) is 0 Å². The number of hydrogen-bond acceptors (Lipinski definition) is 2. The van der Waals surface area contributed by atoms with Crippen LogP contribution >= 0.6 is 0 Å². The Bertz CT molecular complexity index is 1180. The molecule has 0 fully saturated rings. The third-order valence-electron chi connectivity index (χ3n) is 8.49. The summed E-state index contributed by atoms with van der Waals surface area (Å²) in [6.45, 7) is 15.4. The third-order valence-corrected chi connectivity index (χ3v) is 8.49. The van der Waals surface area contributed by atoms with E-state index in [1.807, 2.05) is 0 Å². The van der Waals surface area contributed by atoms with Crippen LogP contribution in [0, 0.1) is 5.92 Å². The number of para-hydroxylation sites is 1. The van der Waals surface area contributed by atoms with Crippen LogP contribution in [-0.2, 0) is 6.42 Å². The van der Waals surface area contributed by atoms with Crippen molar-refractivity contribution < 1.29 is 0 Å². The number of benzene rings is 3. The maximum atomic E-state index is 4.75. The van der Waals surface area contributed by atoms with Crippen molar-refractivity contribution in [2.24, 2.45) is 5.92 Å². The van der Waals surface area contributed by atoms with Gasteiger partial charge in [0.25, 0.3) is 0 Å². The minimum absolute atomic E-state index is 0.374. The SMILES string of the molecule is C=C1c2cc3ccccc3cc2C2CCc3ccccc3N2[C@@H](CCC)C(C)C(C)N1CCC. The van der Waals surface area contributed by atoms with Crippen LogP contribution in [0.1, 0.15) is 76.1 Å². The lowest BCUT2D eigenvalue weighted by Crippen LogP contribution is -2.49. The quantitative estimate of drug-likeness (QED) is 0.393. The number of nitrogens with zero attached hydrogens (tertiary/aromatic N) is 2. The van der Waals surface area contributed by atoms with Crippen LogP contribution in [-0.4, -0.2) is 23.5 Å². The van der Waals surface area contributed by atoms with E-state index < -0.39 is 0 Å². The zero-order valence-corrected chi connectivity index (χ0v) is 21.4. The number of anilines is 1. The Balaban J connectivity index is 1.79. The van der Waals surface area contributed by atoms with Crippen LogP contribution in [0.15, 0.2) is 67.2 Å². The van der Waals surface area contributed by atoms with Gasteiger partial charge in [-0.1, -0.05) is 76.2 Å². The zero-order valence-electron chi connectivity index (χ0n) is 21.4. The highest BCUT2D eigenvalue weighted by Crippen LogP contribution is 2.47. The molecule has 0 bridgehead atoms. The molecule has 2 aliphatic rings. The highest BCUT2D eigenvalue weighted by molar-refractivity contribution is 5.88. The molecule has 2 heteroatoms. The van der Waals surface area contributed by atoms with Gasteiger partial charge in [-0.3, -0.25) is 0 Å². The van der Waals surface area contributed by atoms with Crippen LogP contribution in [0.3, 0.4) is 0 Å². The summed E-state index contributed by atoms with van der Waals surface area (Å²) in [6.07, 6.45) is 5.84. The van der Waals surface area contributed by atoms with Crippen molar-refractivity contribution in [1.29, 1.82) is 0 Å². The maximum Gasteiger partial charge on any atom is 0.0555 e. The summed E-state index contributed by atoms with van der Waals surface area (Å²) >= 11 is 0. The molecule has 0 radical (unpaired) electrons. The first kappa shape index (κ1) is 23.0. The summed E-state index contributed by atoms with van der Waals surface area (Å²) in [5.41, 5.74) is 6.97. The predicted molar refractivity (Wildman–Crippen MR) is 147 cm³/mol. The van der Waals surface area contributed by atoms with Crippen molar-refractivity contribution in [3.05, 3.63) is 83.9 Å². The average molecular weight is 453 g/mol. The largest absolute Gasteiger partial charge is 0.368 e. The molecule has 0 N–H and O–H groups in total. The van der Waals surface area contributed by atoms with Gasteiger partial charge in [-0.05, 0) is 78.6 Å². The van der Waals surface area contributed by atoms with E-state index in [1.54, 1.807) is 0 Å². The predicted octanol–water partition coefficient (Wildman–Crippen LogP) is 8.22. The molecule has 3 unspecified atom stereocenters. The number of rotatable bonds is 4. The van der Waals surface area contributed by atoms with Gasteiger partial charge < -0.3 is 9.80 Å². The van der Waals surface area contributed by atoms with E-state index in [2.05, 4.69) is 98.2 Å². The Morgan fingerprint density at radius 3 is 2.35 bits per heavy atom. The molecule has 3 aromatic carbocycles. The van der Waals surface area contributed by atoms with E-state index >= 15 is 0 Å². The van der Waals surface area contributed by atoms with E-state index in [4.69, 9.17) is 6.58 Å².